The van der Waals surface area contributed by atoms with E-state index in [0.29, 0.717) is 6.42 Å². The Balaban J connectivity index is 1.90. The summed E-state index contributed by atoms with van der Waals surface area (Å²) in [6, 6.07) is 6.23. The van der Waals surface area contributed by atoms with Gasteiger partial charge in [-0.3, -0.25) is 9.59 Å². The predicted molar refractivity (Wildman–Crippen MR) is 80.3 cm³/mol. The van der Waals surface area contributed by atoms with Gasteiger partial charge in [-0.15, -0.1) is 0 Å². The van der Waals surface area contributed by atoms with Crippen molar-refractivity contribution in [1.82, 2.24) is 5.32 Å². The van der Waals surface area contributed by atoms with Crippen molar-refractivity contribution >= 4 is 17.8 Å². The molecule has 1 aliphatic rings. The first-order valence-corrected chi connectivity index (χ1v) is 7.31. The summed E-state index contributed by atoms with van der Waals surface area (Å²) in [5, 5.41) is 20.1. The summed E-state index contributed by atoms with van der Waals surface area (Å²) in [4.78, 5) is 33.7. The van der Waals surface area contributed by atoms with Crippen LogP contribution in [0.3, 0.4) is 0 Å². The van der Waals surface area contributed by atoms with E-state index >= 15 is 0 Å². The lowest BCUT2D eigenvalue weighted by molar-refractivity contribution is -0.143. The summed E-state index contributed by atoms with van der Waals surface area (Å²) in [6.45, 7) is 0. The smallest absolute Gasteiger partial charge is 0.326 e. The Hall–Kier alpha value is -2.57. The van der Waals surface area contributed by atoms with Crippen LogP contribution < -0.4 is 10.1 Å². The van der Waals surface area contributed by atoms with Crippen LogP contribution in [0.25, 0.3) is 0 Å². The van der Waals surface area contributed by atoms with E-state index in [2.05, 4.69) is 5.32 Å². The Kier molecular flexibility index (Phi) is 5.20. The number of hydrogen-bond acceptors (Lipinski definition) is 4. The van der Waals surface area contributed by atoms with Crippen molar-refractivity contribution < 1.29 is 29.3 Å². The average Bonchev–Trinajstić information content (AvgIpc) is 3.31. The van der Waals surface area contributed by atoms with E-state index in [1.807, 2.05) is 24.3 Å². The molecule has 0 radical (unpaired) electrons. The highest BCUT2D eigenvalue weighted by atomic mass is 16.5. The molecular weight excluding hydrogens is 302 g/mol. The molecule has 0 heterocycles. The van der Waals surface area contributed by atoms with Crippen LogP contribution in [0, 0.1) is 5.92 Å². The summed E-state index contributed by atoms with van der Waals surface area (Å²) in [7, 11) is 1.57. The quantitative estimate of drug-likeness (QED) is 0.664. The Morgan fingerprint density at radius 3 is 2.43 bits per heavy atom. The zero-order valence-electron chi connectivity index (χ0n) is 12.7. The molecule has 2 rings (SSSR count). The van der Waals surface area contributed by atoms with Crippen molar-refractivity contribution in [2.75, 3.05) is 7.11 Å². The molecule has 0 aromatic heterocycles. The Labute approximate surface area is 133 Å². The van der Waals surface area contributed by atoms with E-state index in [-0.39, 0.29) is 30.6 Å². The summed E-state index contributed by atoms with van der Waals surface area (Å²) in [5.41, 5.74) is 1.00. The molecular formula is C16H19NO6. The molecule has 0 bridgehead atoms. The highest BCUT2D eigenvalue weighted by Gasteiger charge is 2.44. The number of amides is 1. The van der Waals surface area contributed by atoms with E-state index in [0.717, 1.165) is 11.3 Å². The number of aliphatic carboxylic acids is 2. The molecule has 23 heavy (non-hydrogen) atoms. The van der Waals surface area contributed by atoms with Crippen LogP contribution in [-0.4, -0.2) is 41.2 Å². The number of rotatable bonds is 8. The van der Waals surface area contributed by atoms with Crippen LogP contribution in [-0.2, 0) is 14.4 Å². The van der Waals surface area contributed by atoms with Crippen LogP contribution in [0.2, 0.25) is 0 Å². The summed E-state index contributed by atoms with van der Waals surface area (Å²) in [5.74, 6) is -2.13. The molecule has 7 heteroatoms. The number of carboxylic acid groups (broad SMARTS) is 2. The number of carboxylic acids is 2. The van der Waals surface area contributed by atoms with Crippen LogP contribution in [0.1, 0.15) is 30.7 Å². The van der Waals surface area contributed by atoms with E-state index < -0.39 is 18.0 Å². The number of benzene rings is 1. The zero-order valence-corrected chi connectivity index (χ0v) is 12.7. The second-order valence-corrected chi connectivity index (χ2v) is 5.55. The molecule has 3 N–H and O–H groups in total. The van der Waals surface area contributed by atoms with Gasteiger partial charge < -0.3 is 20.3 Å². The topological polar surface area (TPSA) is 113 Å². The molecule has 1 aromatic rings. The third-order valence-corrected chi connectivity index (χ3v) is 3.93. The molecule has 1 saturated carbocycles. The Morgan fingerprint density at radius 1 is 1.26 bits per heavy atom. The second-order valence-electron chi connectivity index (χ2n) is 5.55. The minimum atomic E-state index is -1.22. The molecule has 7 nitrogen and oxygen atoms in total. The molecule has 0 spiro atoms. The number of carbonyl (C=O) groups excluding carboxylic acids is 1. The first-order chi connectivity index (χ1) is 10.9. The van der Waals surface area contributed by atoms with Crippen LogP contribution >= 0.6 is 0 Å². The molecule has 0 saturated heterocycles. The highest BCUT2D eigenvalue weighted by molar-refractivity contribution is 5.87. The molecule has 3 unspecified atom stereocenters. The normalized spacial score (nSPS) is 20.4. The van der Waals surface area contributed by atoms with Gasteiger partial charge >= 0.3 is 11.9 Å². The number of ether oxygens (including phenoxy) is 1. The van der Waals surface area contributed by atoms with Gasteiger partial charge in [-0.05, 0) is 36.5 Å². The van der Waals surface area contributed by atoms with Gasteiger partial charge in [0.1, 0.15) is 11.8 Å². The van der Waals surface area contributed by atoms with Gasteiger partial charge in [0.25, 0.3) is 0 Å². The summed E-state index contributed by atoms with van der Waals surface area (Å²) >= 11 is 0. The van der Waals surface area contributed by atoms with E-state index in [1.54, 1.807) is 7.11 Å². The monoisotopic (exact) mass is 321 g/mol. The molecule has 1 aliphatic carbocycles. The lowest BCUT2D eigenvalue weighted by Crippen LogP contribution is -2.42. The number of methoxy groups -OCH3 is 1. The number of carbonyl (C=O) groups is 3. The van der Waals surface area contributed by atoms with Gasteiger partial charge in [-0.2, -0.15) is 0 Å². The standard InChI is InChI=1S/C16H19NO6/c1-23-10-4-2-9(3-5-10)11-8-12(11)15(20)17-13(16(21)22)6-7-14(18)19/h2-5,11-13H,6-8H2,1H3,(H,17,20)(H,18,19)(H,21,22). The third-order valence-electron chi connectivity index (χ3n) is 3.93. The van der Waals surface area contributed by atoms with Gasteiger partial charge in [-0.1, -0.05) is 12.1 Å². The van der Waals surface area contributed by atoms with Gasteiger partial charge in [0.15, 0.2) is 0 Å². The fourth-order valence-electron chi connectivity index (χ4n) is 2.51. The van der Waals surface area contributed by atoms with E-state index in [1.165, 1.54) is 0 Å². The van der Waals surface area contributed by atoms with Crippen LogP contribution in [0.4, 0.5) is 0 Å². The fourth-order valence-corrected chi connectivity index (χ4v) is 2.51. The van der Waals surface area contributed by atoms with Gasteiger partial charge in [0.05, 0.1) is 7.11 Å². The summed E-state index contributed by atoms with van der Waals surface area (Å²) in [6.07, 6.45) is 0.226. The molecule has 1 amide bonds. The minimum absolute atomic E-state index is 0.0647. The van der Waals surface area contributed by atoms with Crippen molar-refractivity contribution in [3.8, 4) is 5.75 Å². The SMILES string of the molecule is COc1ccc(C2CC2C(=O)NC(CCC(=O)O)C(=O)O)cc1. The van der Waals surface area contributed by atoms with E-state index in [9.17, 15) is 14.4 Å². The van der Waals surface area contributed by atoms with Crippen LogP contribution in [0.15, 0.2) is 24.3 Å². The van der Waals surface area contributed by atoms with Crippen molar-refractivity contribution in [2.24, 2.45) is 5.92 Å². The van der Waals surface area contributed by atoms with Crippen LogP contribution in [0.5, 0.6) is 5.75 Å². The van der Waals surface area contributed by atoms with Gasteiger partial charge in [-0.25, -0.2) is 4.79 Å². The van der Waals surface area contributed by atoms with E-state index in [4.69, 9.17) is 14.9 Å². The van der Waals surface area contributed by atoms with Gasteiger partial charge in [0.2, 0.25) is 5.91 Å². The maximum Gasteiger partial charge on any atom is 0.326 e. The second kappa shape index (κ2) is 7.13. The minimum Gasteiger partial charge on any atom is -0.497 e. The largest absolute Gasteiger partial charge is 0.497 e. The Morgan fingerprint density at radius 2 is 1.91 bits per heavy atom. The third kappa shape index (κ3) is 4.45. The molecule has 1 aromatic carbocycles. The zero-order chi connectivity index (χ0) is 17.0. The Bertz CT molecular complexity index is 597. The maximum absolute atomic E-state index is 12.1. The number of nitrogens with one attached hydrogen (secondary N) is 1. The van der Waals surface area contributed by atoms with Crippen molar-refractivity contribution in [2.45, 2.75) is 31.2 Å². The fraction of sp³-hybridized carbons (Fsp3) is 0.438. The van der Waals surface area contributed by atoms with Crippen molar-refractivity contribution in [3.63, 3.8) is 0 Å². The summed E-state index contributed by atoms with van der Waals surface area (Å²) < 4.78 is 5.08. The average molecular weight is 321 g/mol. The molecule has 124 valence electrons. The molecule has 0 aliphatic heterocycles. The van der Waals surface area contributed by atoms with Gasteiger partial charge in [0, 0.05) is 12.3 Å². The lowest BCUT2D eigenvalue weighted by Gasteiger charge is -2.13. The lowest BCUT2D eigenvalue weighted by atomic mass is 10.1. The van der Waals surface area contributed by atoms with Crippen molar-refractivity contribution in [1.29, 1.82) is 0 Å². The predicted octanol–water partition coefficient (Wildman–Crippen LogP) is 1.23. The maximum atomic E-state index is 12.1. The number of hydrogen-bond donors (Lipinski definition) is 3. The molecule has 1 fully saturated rings. The first kappa shape index (κ1) is 16.8. The van der Waals surface area contributed by atoms with Crippen molar-refractivity contribution in [3.05, 3.63) is 29.8 Å². The first-order valence-electron chi connectivity index (χ1n) is 7.31. The highest BCUT2D eigenvalue weighted by Crippen LogP contribution is 2.47. The molecule has 3 atom stereocenters.